The number of hydrogen-bond acceptors (Lipinski definition) is 2. The molecule has 3 aromatic rings. The number of hydrogen-bond donors (Lipinski definition) is 2. The Balaban J connectivity index is 1.93. The number of carbonyl (C=O) groups excluding carboxylic acids is 1. The number of rotatable bonds is 2. The summed E-state index contributed by atoms with van der Waals surface area (Å²) in [6.07, 6.45) is 0. The fraction of sp³-hybridized carbons (Fsp3) is 0.105. The number of amides is 1. The van der Waals surface area contributed by atoms with Crippen molar-refractivity contribution in [2.24, 2.45) is 0 Å². The first-order valence-electron chi connectivity index (χ1n) is 7.15. The van der Waals surface area contributed by atoms with Crippen molar-refractivity contribution in [3.63, 3.8) is 0 Å². The first-order valence-corrected chi connectivity index (χ1v) is 7.15. The molecule has 0 atom stereocenters. The van der Waals surface area contributed by atoms with Gasteiger partial charge in [-0.2, -0.15) is 0 Å². The van der Waals surface area contributed by atoms with Crippen LogP contribution in [-0.4, -0.2) is 11.0 Å². The van der Waals surface area contributed by atoms with Gasteiger partial charge in [-0.05, 0) is 66.1 Å². The molecule has 3 rings (SSSR count). The Morgan fingerprint density at radius 1 is 1.00 bits per heavy atom. The molecule has 2 N–H and O–H groups in total. The van der Waals surface area contributed by atoms with Gasteiger partial charge >= 0.3 is 0 Å². The van der Waals surface area contributed by atoms with Gasteiger partial charge in [-0.3, -0.25) is 4.79 Å². The molecule has 0 spiro atoms. The van der Waals surface area contributed by atoms with Crippen LogP contribution in [0.25, 0.3) is 10.8 Å². The SMILES string of the molecule is Cc1cccc(NC(=O)c2ccc3c(C)c(O)ccc3c2)c1. The second-order valence-electron chi connectivity index (χ2n) is 5.47. The lowest BCUT2D eigenvalue weighted by molar-refractivity contribution is 0.102. The van der Waals surface area contributed by atoms with Gasteiger partial charge in [0.15, 0.2) is 0 Å². The van der Waals surface area contributed by atoms with Crippen LogP contribution in [0.2, 0.25) is 0 Å². The number of anilines is 1. The van der Waals surface area contributed by atoms with Crippen LogP contribution in [0.3, 0.4) is 0 Å². The molecule has 0 aliphatic rings. The Morgan fingerprint density at radius 2 is 1.82 bits per heavy atom. The van der Waals surface area contributed by atoms with E-state index < -0.39 is 0 Å². The number of fused-ring (bicyclic) bond motifs is 1. The standard InChI is InChI=1S/C19H17NO2/c1-12-4-3-5-16(10-12)20-19(22)15-6-8-17-13(2)18(21)9-7-14(17)11-15/h3-11,21H,1-2H3,(H,20,22). The van der Waals surface area contributed by atoms with Crippen molar-refractivity contribution in [3.05, 3.63) is 71.3 Å². The quantitative estimate of drug-likeness (QED) is 0.734. The molecule has 3 aromatic carbocycles. The zero-order chi connectivity index (χ0) is 15.7. The predicted octanol–water partition coefficient (Wildman–Crippen LogP) is 4.41. The molecule has 0 radical (unpaired) electrons. The summed E-state index contributed by atoms with van der Waals surface area (Å²) in [5, 5.41) is 14.5. The molecule has 1 amide bonds. The van der Waals surface area contributed by atoms with Crippen molar-refractivity contribution in [1.82, 2.24) is 0 Å². The van der Waals surface area contributed by atoms with Crippen molar-refractivity contribution in [1.29, 1.82) is 0 Å². The van der Waals surface area contributed by atoms with E-state index in [2.05, 4.69) is 5.32 Å². The Morgan fingerprint density at radius 3 is 2.59 bits per heavy atom. The highest BCUT2D eigenvalue weighted by molar-refractivity contribution is 6.06. The summed E-state index contributed by atoms with van der Waals surface area (Å²) in [5.41, 5.74) is 3.30. The fourth-order valence-electron chi connectivity index (χ4n) is 2.54. The zero-order valence-corrected chi connectivity index (χ0v) is 12.6. The van der Waals surface area contributed by atoms with Gasteiger partial charge < -0.3 is 10.4 Å². The molecule has 110 valence electrons. The molecule has 0 aromatic heterocycles. The van der Waals surface area contributed by atoms with Gasteiger partial charge in [0.05, 0.1) is 0 Å². The van der Waals surface area contributed by atoms with E-state index >= 15 is 0 Å². The second-order valence-corrected chi connectivity index (χ2v) is 5.47. The van der Waals surface area contributed by atoms with Gasteiger partial charge in [-0.25, -0.2) is 0 Å². The van der Waals surface area contributed by atoms with E-state index in [1.54, 1.807) is 12.1 Å². The Labute approximate surface area is 129 Å². The third kappa shape index (κ3) is 2.66. The molecule has 0 heterocycles. The highest BCUT2D eigenvalue weighted by Gasteiger charge is 2.09. The van der Waals surface area contributed by atoms with Crippen LogP contribution >= 0.6 is 0 Å². The minimum Gasteiger partial charge on any atom is -0.508 e. The first kappa shape index (κ1) is 14.1. The smallest absolute Gasteiger partial charge is 0.255 e. The van der Waals surface area contributed by atoms with Crippen LogP contribution in [0.1, 0.15) is 21.5 Å². The van der Waals surface area contributed by atoms with Crippen molar-refractivity contribution in [3.8, 4) is 5.75 Å². The minimum atomic E-state index is -0.141. The normalized spacial score (nSPS) is 10.6. The topological polar surface area (TPSA) is 49.3 Å². The number of phenolic OH excluding ortho intramolecular Hbond substituents is 1. The average molecular weight is 291 g/mol. The van der Waals surface area contributed by atoms with Crippen molar-refractivity contribution in [2.75, 3.05) is 5.32 Å². The lowest BCUT2D eigenvalue weighted by Crippen LogP contribution is -2.11. The molecule has 0 fully saturated rings. The van der Waals surface area contributed by atoms with Gasteiger partial charge in [0, 0.05) is 11.3 Å². The molecule has 3 nitrogen and oxygen atoms in total. The minimum absolute atomic E-state index is 0.141. The lowest BCUT2D eigenvalue weighted by atomic mass is 10.0. The van der Waals surface area contributed by atoms with E-state index in [-0.39, 0.29) is 11.7 Å². The molecule has 3 heteroatoms. The monoisotopic (exact) mass is 291 g/mol. The van der Waals surface area contributed by atoms with Gasteiger partial charge in [-0.15, -0.1) is 0 Å². The van der Waals surface area contributed by atoms with E-state index in [0.29, 0.717) is 5.56 Å². The zero-order valence-electron chi connectivity index (χ0n) is 12.6. The third-order valence-corrected chi connectivity index (χ3v) is 3.80. The molecular formula is C19H17NO2. The largest absolute Gasteiger partial charge is 0.508 e. The summed E-state index contributed by atoms with van der Waals surface area (Å²) in [5.74, 6) is 0.127. The van der Waals surface area contributed by atoms with Crippen molar-refractivity contribution < 1.29 is 9.90 Å². The van der Waals surface area contributed by atoms with Gasteiger partial charge in [0.1, 0.15) is 5.75 Å². The summed E-state index contributed by atoms with van der Waals surface area (Å²) < 4.78 is 0. The fourth-order valence-corrected chi connectivity index (χ4v) is 2.54. The van der Waals surface area contributed by atoms with E-state index in [1.165, 1.54) is 0 Å². The maximum atomic E-state index is 12.4. The molecule has 0 saturated carbocycles. The van der Waals surface area contributed by atoms with Gasteiger partial charge in [-0.1, -0.05) is 24.3 Å². The number of nitrogens with one attached hydrogen (secondary N) is 1. The molecule has 0 aliphatic carbocycles. The van der Waals surface area contributed by atoms with Crippen LogP contribution < -0.4 is 5.32 Å². The molecule has 0 aliphatic heterocycles. The predicted molar refractivity (Wildman–Crippen MR) is 89.5 cm³/mol. The van der Waals surface area contributed by atoms with Gasteiger partial charge in [0.25, 0.3) is 5.91 Å². The first-order chi connectivity index (χ1) is 10.5. The number of benzene rings is 3. The Hall–Kier alpha value is -2.81. The summed E-state index contributed by atoms with van der Waals surface area (Å²) in [4.78, 5) is 12.4. The van der Waals surface area contributed by atoms with Crippen molar-refractivity contribution >= 4 is 22.4 Å². The highest BCUT2D eigenvalue weighted by atomic mass is 16.3. The molecule has 22 heavy (non-hydrogen) atoms. The maximum Gasteiger partial charge on any atom is 0.255 e. The second kappa shape index (κ2) is 5.53. The van der Waals surface area contributed by atoms with Crippen LogP contribution in [0.5, 0.6) is 5.75 Å². The number of phenols is 1. The van der Waals surface area contributed by atoms with Crippen LogP contribution in [-0.2, 0) is 0 Å². The average Bonchev–Trinajstić information content (AvgIpc) is 2.50. The number of aromatic hydroxyl groups is 1. The highest BCUT2D eigenvalue weighted by Crippen LogP contribution is 2.27. The maximum absolute atomic E-state index is 12.4. The summed E-state index contributed by atoms with van der Waals surface area (Å²) in [7, 11) is 0. The number of aryl methyl sites for hydroxylation is 2. The Kier molecular flexibility index (Phi) is 3.55. The number of carbonyl (C=O) groups is 1. The van der Waals surface area contributed by atoms with Crippen molar-refractivity contribution in [2.45, 2.75) is 13.8 Å². The lowest BCUT2D eigenvalue weighted by Gasteiger charge is -2.09. The van der Waals surface area contributed by atoms with Crippen LogP contribution in [0, 0.1) is 13.8 Å². The van der Waals surface area contributed by atoms with Crippen LogP contribution in [0.4, 0.5) is 5.69 Å². The van der Waals surface area contributed by atoms with Gasteiger partial charge in [0.2, 0.25) is 0 Å². The third-order valence-electron chi connectivity index (χ3n) is 3.80. The summed E-state index contributed by atoms with van der Waals surface area (Å²) in [6.45, 7) is 3.85. The Bertz CT molecular complexity index is 868. The summed E-state index contributed by atoms with van der Waals surface area (Å²) >= 11 is 0. The van der Waals surface area contributed by atoms with Crippen LogP contribution in [0.15, 0.2) is 54.6 Å². The van der Waals surface area contributed by atoms with E-state index in [0.717, 1.165) is 27.6 Å². The van der Waals surface area contributed by atoms with E-state index in [9.17, 15) is 9.90 Å². The van der Waals surface area contributed by atoms with E-state index in [1.807, 2.05) is 56.3 Å². The van der Waals surface area contributed by atoms with E-state index in [4.69, 9.17) is 0 Å². The molecule has 0 bridgehead atoms. The summed E-state index contributed by atoms with van der Waals surface area (Å²) in [6, 6.07) is 16.7. The molecule has 0 unspecified atom stereocenters. The molecular weight excluding hydrogens is 274 g/mol. The molecule has 0 saturated heterocycles.